The van der Waals surface area contributed by atoms with Gasteiger partial charge in [-0.05, 0) is 114 Å². The van der Waals surface area contributed by atoms with E-state index in [0.717, 1.165) is 88.2 Å². The number of nitrogens with one attached hydrogen (secondary N) is 1. The molecule has 10 nitrogen and oxygen atoms in total. The standard InChI is InChI=1S/C41H52N6O4/c1-39(2,3)50-38(48)46-22-10-12-33(46)36-42-30-20-18-28(24-32(30)43-36)26-14-16-27(17-15-26)29-19-21-31-35(25-29)45(8)37(44-31)34-13-11-23-47(34)41(7,49-9)51-40(4,5)6/h14-21,24-25,33-34H,10-13,22-23H2,1-9H3,(H,42,43). The largest absolute Gasteiger partial charge is 0.444 e. The number of benzene rings is 3. The average molecular weight is 693 g/mol. The van der Waals surface area contributed by atoms with Crippen molar-refractivity contribution in [3.05, 3.63) is 72.3 Å². The number of nitrogens with zero attached hydrogens (tertiary/aromatic N) is 5. The van der Waals surface area contributed by atoms with Crippen LogP contribution in [-0.4, -0.2) is 72.7 Å². The number of likely N-dealkylation sites (tertiary alicyclic amines) is 2. The van der Waals surface area contributed by atoms with Crippen molar-refractivity contribution in [2.75, 3.05) is 20.2 Å². The Morgan fingerprint density at radius 3 is 2.06 bits per heavy atom. The van der Waals surface area contributed by atoms with Gasteiger partial charge in [-0.2, -0.15) is 0 Å². The molecular weight excluding hydrogens is 640 g/mol. The van der Waals surface area contributed by atoms with Gasteiger partial charge in [-0.25, -0.2) is 19.7 Å². The highest BCUT2D eigenvalue weighted by Gasteiger charge is 2.45. The second-order valence-corrected chi connectivity index (χ2v) is 16.2. The molecule has 2 aliphatic rings. The molecule has 51 heavy (non-hydrogen) atoms. The van der Waals surface area contributed by atoms with E-state index in [1.807, 2.05) is 27.7 Å². The molecule has 3 aromatic carbocycles. The highest BCUT2D eigenvalue weighted by molar-refractivity contribution is 5.85. The number of methoxy groups -OCH3 is 1. The maximum Gasteiger partial charge on any atom is 0.410 e. The van der Waals surface area contributed by atoms with E-state index in [9.17, 15) is 4.79 Å². The fourth-order valence-electron chi connectivity index (χ4n) is 7.80. The van der Waals surface area contributed by atoms with E-state index < -0.39 is 11.5 Å². The van der Waals surface area contributed by atoms with Crippen molar-refractivity contribution in [2.45, 2.75) is 103 Å². The summed E-state index contributed by atoms with van der Waals surface area (Å²) in [6, 6.07) is 21.5. The molecule has 5 aromatic rings. The van der Waals surface area contributed by atoms with E-state index in [0.29, 0.717) is 6.54 Å². The van der Waals surface area contributed by atoms with Crippen LogP contribution in [-0.2, 0) is 21.3 Å². The van der Waals surface area contributed by atoms with Gasteiger partial charge in [0.25, 0.3) is 0 Å². The number of amides is 1. The van der Waals surface area contributed by atoms with E-state index >= 15 is 0 Å². The summed E-state index contributed by atoms with van der Waals surface area (Å²) in [6.45, 7) is 15.4. The molecule has 0 radical (unpaired) electrons. The highest BCUT2D eigenvalue weighted by Crippen LogP contribution is 2.41. The third-order valence-corrected chi connectivity index (χ3v) is 10.1. The topological polar surface area (TPSA) is 97.7 Å². The minimum absolute atomic E-state index is 0.0856. The maximum atomic E-state index is 12.9. The maximum absolute atomic E-state index is 12.9. The molecule has 1 amide bonds. The predicted molar refractivity (Wildman–Crippen MR) is 201 cm³/mol. The number of H-pyrrole nitrogens is 1. The average Bonchev–Trinajstić information content (AvgIpc) is 3.88. The fourth-order valence-corrected chi connectivity index (χ4v) is 7.80. The highest BCUT2D eigenvalue weighted by atomic mass is 16.7. The molecule has 3 unspecified atom stereocenters. The first kappa shape index (κ1) is 35.2. The van der Waals surface area contributed by atoms with Gasteiger partial charge in [-0.15, -0.1) is 0 Å². The molecule has 2 saturated heterocycles. The first-order valence-corrected chi connectivity index (χ1v) is 18.2. The lowest BCUT2D eigenvalue weighted by Crippen LogP contribution is -2.53. The van der Waals surface area contributed by atoms with Crippen molar-refractivity contribution >= 4 is 28.2 Å². The zero-order chi connectivity index (χ0) is 36.3. The molecule has 7 rings (SSSR count). The normalized spacial score (nSPS) is 20.1. The zero-order valence-corrected chi connectivity index (χ0v) is 31.5. The van der Waals surface area contributed by atoms with Crippen LogP contribution in [0.3, 0.4) is 0 Å². The quantitative estimate of drug-likeness (QED) is 0.170. The van der Waals surface area contributed by atoms with Crippen molar-refractivity contribution in [1.82, 2.24) is 29.3 Å². The first-order chi connectivity index (χ1) is 24.1. The molecule has 3 atom stereocenters. The van der Waals surface area contributed by atoms with Crippen LogP contribution in [0.4, 0.5) is 4.79 Å². The number of aryl methyl sites for hydroxylation is 1. The van der Waals surface area contributed by atoms with Gasteiger partial charge in [0.2, 0.25) is 5.91 Å². The molecule has 0 aliphatic carbocycles. The Labute approximate surface area is 301 Å². The minimum Gasteiger partial charge on any atom is -0.444 e. The van der Waals surface area contributed by atoms with Gasteiger partial charge in [-0.3, -0.25) is 4.90 Å². The fraction of sp³-hybridized carbons (Fsp3) is 0.488. The van der Waals surface area contributed by atoms with Gasteiger partial charge >= 0.3 is 6.09 Å². The molecule has 2 fully saturated rings. The van der Waals surface area contributed by atoms with Crippen LogP contribution in [0.1, 0.15) is 97.9 Å². The summed E-state index contributed by atoms with van der Waals surface area (Å²) in [4.78, 5) is 30.6. The molecule has 270 valence electrons. The number of hydrogen-bond donors (Lipinski definition) is 1. The van der Waals surface area contributed by atoms with Crippen LogP contribution in [0.2, 0.25) is 0 Å². The molecule has 0 bridgehead atoms. The van der Waals surface area contributed by atoms with E-state index in [1.54, 1.807) is 12.0 Å². The van der Waals surface area contributed by atoms with Crippen molar-refractivity contribution in [3.8, 4) is 22.3 Å². The van der Waals surface area contributed by atoms with Crippen LogP contribution < -0.4 is 0 Å². The molecule has 0 saturated carbocycles. The van der Waals surface area contributed by atoms with Crippen molar-refractivity contribution in [1.29, 1.82) is 0 Å². The molecule has 2 aromatic heterocycles. The molecule has 2 aliphatic heterocycles. The summed E-state index contributed by atoms with van der Waals surface area (Å²) in [6.07, 6.45) is 3.55. The van der Waals surface area contributed by atoms with Gasteiger partial charge in [0.15, 0.2) is 0 Å². The minimum atomic E-state index is -0.854. The smallest absolute Gasteiger partial charge is 0.410 e. The Bertz CT molecular complexity index is 2050. The number of carbonyl (C=O) groups excluding carboxylic acids is 1. The van der Waals surface area contributed by atoms with Crippen molar-refractivity contribution in [2.24, 2.45) is 7.05 Å². The number of hydrogen-bond acceptors (Lipinski definition) is 7. The van der Waals surface area contributed by atoms with Crippen LogP contribution in [0.25, 0.3) is 44.3 Å². The van der Waals surface area contributed by atoms with E-state index in [2.05, 4.69) is 103 Å². The Balaban J connectivity index is 1.11. The number of ether oxygens (including phenoxy) is 3. The summed E-state index contributed by atoms with van der Waals surface area (Å²) < 4.78 is 20.4. The van der Waals surface area contributed by atoms with E-state index in [1.165, 1.54) is 0 Å². The van der Waals surface area contributed by atoms with Crippen LogP contribution >= 0.6 is 0 Å². The van der Waals surface area contributed by atoms with E-state index in [4.69, 9.17) is 24.2 Å². The predicted octanol–water partition coefficient (Wildman–Crippen LogP) is 9.13. The van der Waals surface area contributed by atoms with Crippen LogP contribution in [0, 0.1) is 0 Å². The number of carbonyl (C=O) groups is 1. The van der Waals surface area contributed by atoms with E-state index in [-0.39, 0.29) is 23.8 Å². The first-order valence-electron chi connectivity index (χ1n) is 18.2. The summed E-state index contributed by atoms with van der Waals surface area (Å²) in [5.41, 5.74) is 7.52. The number of aromatic nitrogens is 4. The number of aromatic amines is 1. The third kappa shape index (κ3) is 7.01. The lowest BCUT2D eigenvalue weighted by atomic mass is 10.00. The number of rotatable bonds is 7. The summed E-state index contributed by atoms with van der Waals surface area (Å²) in [7, 11) is 3.83. The van der Waals surface area contributed by atoms with Crippen LogP contribution in [0.5, 0.6) is 0 Å². The summed E-state index contributed by atoms with van der Waals surface area (Å²) >= 11 is 0. The van der Waals surface area contributed by atoms with Gasteiger partial charge in [-0.1, -0.05) is 36.4 Å². The third-order valence-electron chi connectivity index (χ3n) is 10.1. The summed E-state index contributed by atoms with van der Waals surface area (Å²) in [5, 5.41) is 0. The second kappa shape index (κ2) is 13.1. The Morgan fingerprint density at radius 2 is 1.39 bits per heavy atom. The lowest BCUT2D eigenvalue weighted by molar-refractivity contribution is -0.333. The van der Waals surface area contributed by atoms with Gasteiger partial charge in [0, 0.05) is 34.2 Å². The monoisotopic (exact) mass is 692 g/mol. The van der Waals surface area contributed by atoms with Gasteiger partial charge < -0.3 is 23.8 Å². The number of fused-ring (bicyclic) bond motifs is 2. The lowest BCUT2D eigenvalue weighted by Gasteiger charge is -2.43. The zero-order valence-electron chi connectivity index (χ0n) is 31.5. The van der Waals surface area contributed by atoms with Crippen molar-refractivity contribution in [3.63, 3.8) is 0 Å². The molecule has 1 N–H and O–H groups in total. The Hall–Kier alpha value is -4.25. The molecule has 0 spiro atoms. The molecular formula is C41H52N6O4. The van der Waals surface area contributed by atoms with Gasteiger partial charge in [0.05, 0.1) is 39.8 Å². The Morgan fingerprint density at radius 1 is 0.765 bits per heavy atom. The molecule has 10 heteroatoms. The SMILES string of the molecule is COC(C)(OC(C)(C)C)N1CCCC1c1nc2ccc(-c3ccc(-c4ccc5[nH]c(C6CCCN6C(=O)OC(C)(C)C)nc5c4)cc3)cc2n1C. The summed E-state index contributed by atoms with van der Waals surface area (Å²) in [5.74, 6) is 0.979. The molecule has 4 heterocycles. The van der Waals surface area contributed by atoms with Crippen molar-refractivity contribution < 1.29 is 19.0 Å². The van der Waals surface area contributed by atoms with Gasteiger partial charge in [0.1, 0.15) is 17.2 Å². The second-order valence-electron chi connectivity index (χ2n) is 16.2. The Kier molecular flexibility index (Phi) is 9.01. The number of imidazole rings is 2. The van der Waals surface area contributed by atoms with Crippen LogP contribution in [0.15, 0.2) is 60.7 Å².